The van der Waals surface area contributed by atoms with Crippen LogP contribution in [0.4, 0.5) is 4.39 Å². The van der Waals surface area contributed by atoms with Gasteiger partial charge in [-0.1, -0.05) is 24.3 Å². The molecule has 0 unspecified atom stereocenters. The van der Waals surface area contributed by atoms with Crippen molar-refractivity contribution in [3.63, 3.8) is 0 Å². The SMILES string of the molecule is COC(=O)c1ccc2c(=O)n(Cc3ccc(C(=O)NCc4ccc(F)cc4)cc3)c(=S)[nH]c2c1. The number of hydrogen-bond donors (Lipinski definition) is 2. The third-order valence-corrected chi connectivity index (χ3v) is 5.65. The predicted molar refractivity (Wildman–Crippen MR) is 128 cm³/mol. The molecule has 0 atom stereocenters. The lowest BCUT2D eigenvalue weighted by molar-refractivity contribution is 0.0600. The zero-order valence-electron chi connectivity index (χ0n) is 18.1. The molecule has 0 spiro atoms. The van der Waals surface area contributed by atoms with Crippen LogP contribution in [0.25, 0.3) is 10.9 Å². The van der Waals surface area contributed by atoms with E-state index in [2.05, 4.69) is 10.3 Å². The number of halogens is 1. The molecule has 0 aliphatic heterocycles. The summed E-state index contributed by atoms with van der Waals surface area (Å²) in [6, 6.07) is 17.3. The van der Waals surface area contributed by atoms with Crippen LogP contribution < -0.4 is 10.9 Å². The zero-order chi connectivity index (χ0) is 24.2. The van der Waals surface area contributed by atoms with Crippen LogP contribution in [0, 0.1) is 10.6 Å². The molecule has 0 fully saturated rings. The Morgan fingerprint density at radius 2 is 1.65 bits per heavy atom. The summed E-state index contributed by atoms with van der Waals surface area (Å²) in [6.07, 6.45) is 0. The number of nitrogens with one attached hydrogen (secondary N) is 2. The van der Waals surface area contributed by atoms with Gasteiger partial charge in [0, 0.05) is 12.1 Å². The van der Waals surface area contributed by atoms with Gasteiger partial charge in [-0.2, -0.15) is 0 Å². The van der Waals surface area contributed by atoms with Crippen molar-refractivity contribution in [3.8, 4) is 0 Å². The highest BCUT2D eigenvalue weighted by atomic mass is 32.1. The molecule has 0 radical (unpaired) electrons. The summed E-state index contributed by atoms with van der Waals surface area (Å²) >= 11 is 5.36. The molecule has 0 saturated heterocycles. The summed E-state index contributed by atoms with van der Waals surface area (Å²) < 4.78 is 19.3. The number of hydrogen-bond acceptors (Lipinski definition) is 5. The highest BCUT2D eigenvalue weighted by molar-refractivity contribution is 7.71. The number of benzene rings is 3. The van der Waals surface area contributed by atoms with Gasteiger partial charge in [-0.25, -0.2) is 9.18 Å². The van der Waals surface area contributed by atoms with Crippen molar-refractivity contribution in [2.75, 3.05) is 7.11 Å². The number of aromatic amines is 1. The number of esters is 1. The maximum Gasteiger partial charge on any atom is 0.337 e. The number of methoxy groups -OCH3 is 1. The van der Waals surface area contributed by atoms with E-state index in [0.717, 1.165) is 11.1 Å². The van der Waals surface area contributed by atoms with Crippen molar-refractivity contribution < 1.29 is 18.7 Å². The molecule has 1 amide bonds. The van der Waals surface area contributed by atoms with Crippen LogP contribution in [0.3, 0.4) is 0 Å². The van der Waals surface area contributed by atoms with Gasteiger partial charge < -0.3 is 15.0 Å². The van der Waals surface area contributed by atoms with E-state index in [1.54, 1.807) is 42.5 Å². The van der Waals surface area contributed by atoms with Crippen molar-refractivity contribution in [2.24, 2.45) is 0 Å². The largest absolute Gasteiger partial charge is 0.465 e. The standard InChI is InChI=1S/C25H20FN3O4S/c1-33-24(32)18-8-11-20-21(12-18)28-25(34)29(23(20)31)14-16-2-6-17(7-3-16)22(30)27-13-15-4-9-19(26)10-5-15/h2-12H,13-14H2,1H3,(H,27,30)(H,28,34). The summed E-state index contributed by atoms with van der Waals surface area (Å²) in [5.41, 5.74) is 2.49. The molecule has 2 N–H and O–H groups in total. The molecule has 9 heteroatoms. The Morgan fingerprint density at radius 3 is 2.32 bits per heavy atom. The fourth-order valence-electron chi connectivity index (χ4n) is 3.47. The van der Waals surface area contributed by atoms with Crippen LogP contribution >= 0.6 is 12.2 Å². The third-order valence-electron chi connectivity index (χ3n) is 5.33. The summed E-state index contributed by atoms with van der Waals surface area (Å²) in [4.78, 5) is 40.1. The molecular formula is C25H20FN3O4S. The Balaban J connectivity index is 1.50. The van der Waals surface area contributed by atoms with Crippen molar-refractivity contribution in [1.82, 2.24) is 14.9 Å². The lowest BCUT2D eigenvalue weighted by atomic mass is 10.1. The lowest BCUT2D eigenvalue weighted by Crippen LogP contribution is -2.24. The van der Waals surface area contributed by atoms with E-state index in [9.17, 15) is 18.8 Å². The molecule has 34 heavy (non-hydrogen) atoms. The van der Waals surface area contributed by atoms with Gasteiger partial charge >= 0.3 is 5.97 Å². The summed E-state index contributed by atoms with van der Waals surface area (Å²) in [5.74, 6) is -1.10. The minimum Gasteiger partial charge on any atom is -0.465 e. The van der Waals surface area contributed by atoms with Crippen LogP contribution in [0.15, 0.2) is 71.5 Å². The Kier molecular flexibility index (Phi) is 6.65. The molecule has 0 aliphatic carbocycles. The number of carbonyl (C=O) groups is 2. The Hall–Kier alpha value is -4.11. The molecule has 4 rings (SSSR count). The molecule has 3 aromatic carbocycles. The summed E-state index contributed by atoms with van der Waals surface area (Å²) in [6.45, 7) is 0.487. The maximum absolute atomic E-state index is 13.0. The summed E-state index contributed by atoms with van der Waals surface area (Å²) in [5, 5.41) is 3.17. The first-order valence-corrected chi connectivity index (χ1v) is 10.7. The van der Waals surface area contributed by atoms with Gasteiger partial charge in [0.05, 0.1) is 30.1 Å². The molecule has 7 nitrogen and oxygen atoms in total. The minimum atomic E-state index is -0.507. The van der Waals surface area contributed by atoms with E-state index < -0.39 is 5.97 Å². The first-order valence-electron chi connectivity index (χ1n) is 10.3. The van der Waals surface area contributed by atoms with Crippen molar-refractivity contribution in [3.05, 3.63) is 110 Å². The lowest BCUT2D eigenvalue weighted by Gasteiger charge is -2.10. The van der Waals surface area contributed by atoms with E-state index in [0.29, 0.717) is 22.0 Å². The molecule has 4 aromatic rings. The van der Waals surface area contributed by atoms with Crippen molar-refractivity contribution >= 4 is 35.0 Å². The van der Waals surface area contributed by atoms with Gasteiger partial charge in [-0.3, -0.25) is 14.2 Å². The fourth-order valence-corrected chi connectivity index (χ4v) is 3.73. The second-order valence-corrected chi connectivity index (χ2v) is 7.97. The highest BCUT2D eigenvalue weighted by Gasteiger charge is 2.11. The van der Waals surface area contributed by atoms with Crippen LogP contribution in [-0.4, -0.2) is 28.5 Å². The van der Waals surface area contributed by atoms with Crippen molar-refractivity contribution in [1.29, 1.82) is 0 Å². The average Bonchev–Trinajstić information content (AvgIpc) is 2.85. The molecule has 172 valence electrons. The van der Waals surface area contributed by atoms with E-state index in [4.69, 9.17) is 17.0 Å². The average molecular weight is 478 g/mol. The van der Waals surface area contributed by atoms with Crippen LogP contribution in [0.5, 0.6) is 0 Å². The van der Waals surface area contributed by atoms with Crippen LogP contribution in [0.2, 0.25) is 0 Å². The van der Waals surface area contributed by atoms with Crippen LogP contribution in [0.1, 0.15) is 31.8 Å². The van der Waals surface area contributed by atoms with Crippen LogP contribution in [-0.2, 0) is 17.8 Å². The van der Waals surface area contributed by atoms with Gasteiger partial charge in [-0.05, 0) is 65.8 Å². The maximum atomic E-state index is 13.0. The first-order chi connectivity index (χ1) is 16.4. The number of aromatic nitrogens is 2. The zero-order valence-corrected chi connectivity index (χ0v) is 18.9. The van der Waals surface area contributed by atoms with Gasteiger partial charge in [0.1, 0.15) is 5.82 Å². The second kappa shape index (κ2) is 9.80. The number of rotatable bonds is 6. The van der Waals surface area contributed by atoms with Gasteiger partial charge in [0.15, 0.2) is 4.77 Å². The predicted octanol–water partition coefficient (Wildman–Crippen LogP) is 3.96. The third kappa shape index (κ3) is 4.94. The Bertz CT molecular complexity index is 1490. The minimum absolute atomic E-state index is 0.209. The van der Waals surface area contributed by atoms with Gasteiger partial charge in [0.2, 0.25) is 0 Å². The number of ether oxygens (including phenoxy) is 1. The molecule has 1 heterocycles. The normalized spacial score (nSPS) is 10.8. The molecule has 0 saturated carbocycles. The second-order valence-electron chi connectivity index (χ2n) is 7.58. The highest BCUT2D eigenvalue weighted by Crippen LogP contribution is 2.13. The molecular weight excluding hydrogens is 457 g/mol. The number of carbonyl (C=O) groups excluding carboxylic acids is 2. The fraction of sp³-hybridized carbons (Fsp3) is 0.120. The quantitative estimate of drug-likeness (QED) is 0.324. The molecule has 0 bridgehead atoms. The first kappa shape index (κ1) is 23.1. The van der Waals surface area contributed by atoms with E-state index >= 15 is 0 Å². The molecule has 0 aliphatic rings. The van der Waals surface area contributed by atoms with Gasteiger partial charge in [-0.15, -0.1) is 0 Å². The van der Waals surface area contributed by atoms with E-state index in [-0.39, 0.29) is 35.1 Å². The van der Waals surface area contributed by atoms with Crippen molar-refractivity contribution in [2.45, 2.75) is 13.1 Å². The Morgan fingerprint density at radius 1 is 1.00 bits per heavy atom. The van der Waals surface area contributed by atoms with Gasteiger partial charge in [0.25, 0.3) is 11.5 Å². The number of amides is 1. The topological polar surface area (TPSA) is 93.2 Å². The number of fused-ring (bicyclic) bond motifs is 1. The van der Waals surface area contributed by atoms with E-state index in [1.807, 2.05) is 0 Å². The van der Waals surface area contributed by atoms with E-state index in [1.165, 1.54) is 35.9 Å². The summed E-state index contributed by atoms with van der Waals surface area (Å²) in [7, 11) is 1.28. The smallest absolute Gasteiger partial charge is 0.337 e. The Labute approximate surface area is 198 Å². The monoisotopic (exact) mass is 477 g/mol. The molecule has 1 aromatic heterocycles. The number of nitrogens with zero attached hydrogens (tertiary/aromatic N) is 1. The number of H-pyrrole nitrogens is 1.